The molecule has 3 aromatic rings. The molecule has 0 atom stereocenters. The molecule has 0 spiro atoms. The molecule has 1 fully saturated rings. The third-order valence-corrected chi connectivity index (χ3v) is 6.33. The van der Waals surface area contributed by atoms with Crippen LogP contribution >= 0.6 is 11.6 Å². The molecule has 1 aliphatic heterocycles. The topological polar surface area (TPSA) is 61.4 Å². The molecule has 2 N–H and O–H groups in total. The molecular formula is C27H27ClFN3O2. The number of piperidine rings is 1. The molecule has 1 saturated heterocycles. The SMILES string of the molecule is O=C(NCc1ccccc1)c1ccccc1NC(=O)C1CCN(Cc2ccc(Cl)cc2F)CC1. The van der Waals surface area contributed by atoms with Gasteiger partial charge in [-0.25, -0.2) is 4.39 Å². The summed E-state index contributed by atoms with van der Waals surface area (Å²) in [5.41, 5.74) is 2.54. The summed E-state index contributed by atoms with van der Waals surface area (Å²) >= 11 is 5.83. The summed E-state index contributed by atoms with van der Waals surface area (Å²) in [5, 5.41) is 6.24. The van der Waals surface area contributed by atoms with E-state index in [1.54, 1.807) is 36.4 Å². The molecule has 1 heterocycles. The average Bonchev–Trinajstić information content (AvgIpc) is 2.85. The van der Waals surface area contributed by atoms with Crippen LogP contribution in [0.3, 0.4) is 0 Å². The minimum absolute atomic E-state index is 0.0966. The number of amides is 2. The Hall–Kier alpha value is -3.22. The summed E-state index contributed by atoms with van der Waals surface area (Å²) in [6.45, 7) is 2.29. The van der Waals surface area contributed by atoms with Crippen LogP contribution in [0.15, 0.2) is 72.8 Å². The lowest BCUT2D eigenvalue weighted by Crippen LogP contribution is -2.38. The zero-order valence-electron chi connectivity index (χ0n) is 18.8. The minimum atomic E-state index is -0.311. The molecular weight excluding hydrogens is 453 g/mol. The third-order valence-electron chi connectivity index (χ3n) is 6.09. The van der Waals surface area contributed by atoms with Crippen LogP contribution in [0.5, 0.6) is 0 Å². The van der Waals surface area contributed by atoms with Gasteiger partial charge in [-0.15, -0.1) is 0 Å². The Morgan fingerprint density at radius 3 is 2.41 bits per heavy atom. The van der Waals surface area contributed by atoms with Crippen LogP contribution in [0, 0.1) is 11.7 Å². The fraction of sp³-hybridized carbons (Fsp3) is 0.259. The van der Waals surface area contributed by atoms with Crippen molar-refractivity contribution in [2.45, 2.75) is 25.9 Å². The van der Waals surface area contributed by atoms with E-state index in [2.05, 4.69) is 15.5 Å². The zero-order chi connectivity index (χ0) is 23.9. The third kappa shape index (κ3) is 6.22. The Morgan fingerprint density at radius 1 is 0.971 bits per heavy atom. The molecule has 1 aliphatic rings. The van der Waals surface area contributed by atoms with Crippen LogP contribution in [0.4, 0.5) is 10.1 Å². The van der Waals surface area contributed by atoms with Crippen molar-refractivity contribution in [1.29, 1.82) is 0 Å². The lowest BCUT2D eigenvalue weighted by molar-refractivity contribution is -0.121. The molecule has 0 radical (unpaired) electrons. The number of rotatable bonds is 7. The van der Waals surface area contributed by atoms with Crippen LogP contribution in [-0.2, 0) is 17.9 Å². The summed E-state index contributed by atoms with van der Waals surface area (Å²) in [4.78, 5) is 27.8. The van der Waals surface area contributed by atoms with Crippen molar-refractivity contribution in [1.82, 2.24) is 10.2 Å². The summed E-state index contributed by atoms with van der Waals surface area (Å²) in [6, 6.07) is 21.4. The van der Waals surface area contributed by atoms with Gasteiger partial charge >= 0.3 is 0 Å². The Kier molecular flexibility index (Phi) is 7.93. The summed E-state index contributed by atoms with van der Waals surface area (Å²) in [6.07, 6.45) is 1.34. The van der Waals surface area contributed by atoms with Crippen molar-refractivity contribution in [3.05, 3.63) is 100 Å². The number of para-hydroxylation sites is 1. The van der Waals surface area contributed by atoms with Crippen LogP contribution in [0.25, 0.3) is 0 Å². The molecule has 3 aromatic carbocycles. The van der Waals surface area contributed by atoms with E-state index < -0.39 is 0 Å². The predicted molar refractivity (Wildman–Crippen MR) is 132 cm³/mol. The smallest absolute Gasteiger partial charge is 0.253 e. The monoisotopic (exact) mass is 479 g/mol. The normalized spacial score (nSPS) is 14.5. The predicted octanol–water partition coefficient (Wildman–Crippen LogP) is 5.26. The Balaban J connectivity index is 1.31. The molecule has 5 nitrogen and oxygen atoms in total. The molecule has 2 amide bonds. The Labute approximate surface area is 203 Å². The quantitative estimate of drug-likeness (QED) is 0.486. The number of carbonyl (C=O) groups excluding carboxylic acids is 2. The van der Waals surface area contributed by atoms with Gasteiger partial charge in [0.05, 0.1) is 11.3 Å². The molecule has 0 bridgehead atoms. The average molecular weight is 480 g/mol. The molecule has 176 valence electrons. The highest BCUT2D eigenvalue weighted by Gasteiger charge is 2.26. The number of hydrogen-bond donors (Lipinski definition) is 2. The second-order valence-corrected chi connectivity index (χ2v) is 8.93. The molecule has 0 unspecified atom stereocenters. The van der Waals surface area contributed by atoms with Crippen molar-refractivity contribution in [2.24, 2.45) is 5.92 Å². The molecule has 0 aromatic heterocycles. The second kappa shape index (κ2) is 11.3. The van der Waals surface area contributed by atoms with Gasteiger partial charge < -0.3 is 10.6 Å². The largest absolute Gasteiger partial charge is 0.348 e. The van der Waals surface area contributed by atoms with Gasteiger partial charge in [0.1, 0.15) is 5.82 Å². The van der Waals surface area contributed by atoms with Crippen molar-refractivity contribution in [2.75, 3.05) is 18.4 Å². The van der Waals surface area contributed by atoms with Crippen molar-refractivity contribution >= 4 is 29.1 Å². The summed E-state index contributed by atoms with van der Waals surface area (Å²) in [7, 11) is 0. The van der Waals surface area contributed by atoms with Gasteiger partial charge in [0.2, 0.25) is 5.91 Å². The fourth-order valence-corrected chi connectivity index (χ4v) is 4.30. The minimum Gasteiger partial charge on any atom is -0.348 e. The summed E-state index contributed by atoms with van der Waals surface area (Å²) < 4.78 is 14.1. The van der Waals surface area contributed by atoms with E-state index in [-0.39, 0.29) is 23.5 Å². The Bertz CT molecular complexity index is 1150. The molecule has 0 saturated carbocycles. The second-order valence-electron chi connectivity index (χ2n) is 8.49. The highest BCUT2D eigenvalue weighted by atomic mass is 35.5. The lowest BCUT2D eigenvalue weighted by Gasteiger charge is -2.31. The van der Waals surface area contributed by atoms with Gasteiger partial charge in [0.15, 0.2) is 0 Å². The van der Waals surface area contributed by atoms with Gasteiger partial charge in [0, 0.05) is 29.6 Å². The standard InChI is InChI=1S/C27H27ClFN3O2/c28-22-11-10-21(24(29)16-22)18-32-14-12-20(13-15-32)26(33)31-25-9-5-4-8-23(25)27(34)30-17-19-6-2-1-3-7-19/h1-11,16,20H,12-15,17-18H2,(H,30,34)(H,31,33). The fourth-order valence-electron chi connectivity index (χ4n) is 4.14. The number of anilines is 1. The van der Waals surface area contributed by atoms with Crippen LogP contribution < -0.4 is 10.6 Å². The van der Waals surface area contributed by atoms with Crippen LogP contribution in [-0.4, -0.2) is 29.8 Å². The number of nitrogens with one attached hydrogen (secondary N) is 2. The van der Waals surface area contributed by atoms with Gasteiger partial charge in [-0.2, -0.15) is 0 Å². The maximum absolute atomic E-state index is 14.1. The van der Waals surface area contributed by atoms with Crippen LogP contribution in [0.1, 0.15) is 34.3 Å². The van der Waals surface area contributed by atoms with Gasteiger partial charge in [-0.1, -0.05) is 60.1 Å². The maximum Gasteiger partial charge on any atom is 0.253 e. The zero-order valence-corrected chi connectivity index (χ0v) is 19.5. The number of likely N-dealkylation sites (tertiary alicyclic amines) is 1. The first-order valence-corrected chi connectivity index (χ1v) is 11.8. The highest BCUT2D eigenvalue weighted by Crippen LogP contribution is 2.24. The maximum atomic E-state index is 14.1. The van der Waals surface area contributed by atoms with E-state index in [1.165, 1.54) is 6.07 Å². The van der Waals surface area contributed by atoms with Gasteiger partial charge in [0.25, 0.3) is 5.91 Å². The number of nitrogens with zero attached hydrogens (tertiary/aromatic N) is 1. The van der Waals surface area contributed by atoms with E-state index in [1.807, 2.05) is 30.3 Å². The van der Waals surface area contributed by atoms with E-state index >= 15 is 0 Å². The molecule has 34 heavy (non-hydrogen) atoms. The molecule has 7 heteroatoms. The number of hydrogen-bond acceptors (Lipinski definition) is 3. The summed E-state index contributed by atoms with van der Waals surface area (Å²) in [5.74, 6) is -0.804. The Morgan fingerprint density at radius 2 is 1.68 bits per heavy atom. The van der Waals surface area contributed by atoms with Gasteiger partial charge in [-0.3, -0.25) is 14.5 Å². The van der Waals surface area contributed by atoms with E-state index in [0.29, 0.717) is 60.9 Å². The molecule has 0 aliphatic carbocycles. The number of halogens is 2. The van der Waals surface area contributed by atoms with Crippen molar-refractivity contribution in [3.63, 3.8) is 0 Å². The van der Waals surface area contributed by atoms with E-state index in [9.17, 15) is 14.0 Å². The van der Waals surface area contributed by atoms with Crippen LogP contribution in [0.2, 0.25) is 5.02 Å². The first kappa shape index (κ1) is 23.9. The number of carbonyl (C=O) groups is 2. The first-order valence-electron chi connectivity index (χ1n) is 11.4. The van der Waals surface area contributed by atoms with E-state index in [4.69, 9.17) is 11.6 Å². The van der Waals surface area contributed by atoms with Crippen molar-refractivity contribution in [3.8, 4) is 0 Å². The lowest BCUT2D eigenvalue weighted by atomic mass is 9.95. The van der Waals surface area contributed by atoms with Crippen molar-refractivity contribution < 1.29 is 14.0 Å². The van der Waals surface area contributed by atoms with E-state index in [0.717, 1.165) is 5.56 Å². The molecule has 4 rings (SSSR count). The highest BCUT2D eigenvalue weighted by molar-refractivity contribution is 6.30. The first-order chi connectivity index (χ1) is 16.5. The van der Waals surface area contributed by atoms with Gasteiger partial charge in [-0.05, 0) is 55.8 Å². The number of benzene rings is 3.